The Kier molecular flexibility index (Phi) is 4.98. The van der Waals surface area contributed by atoms with Crippen LogP contribution in [0.15, 0.2) is 47.7 Å². The lowest BCUT2D eigenvalue weighted by Crippen LogP contribution is -2.47. The summed E-state index contributed by atoms with van der Waals surface area (Å²) in [6.45, 7) is 4.43. The minimum absolute atomic E-state index is 0.282. The highest BCUT2D eigenvalue weighted by Gasteiger charge is 2.33. The molecule has 1 saturated heterocycles. The minimum atomic E-state index is 0.282. The fourth-order valence-corrected chi connectivity index (χ4v) is 4.18. The van der Waals surface area contributed by atoms with Crippen LogP contribution in [0.5, 0.6) is 0 Å². The van der Waals surface area contributed by atoms with E-state index in [2.05, 4.69) is 52.6 Å². The molecule has 4 rings (SSSR count). The topological polar surface area (TPSA) is 66.0 Å². The number of aromatic nitrogens is 3. The number of hydrogen-bond acceptors (Lipinski definition) is 4. The first-order chi connectivity index (χ1) is 12.7. The van der Waals surface area contributed by atoms with Crippen molar-refractivity contribution >= 4 is 5.71 Å². The van der Waals surface area contributed by atoms with Crippen molar-refractivity contribution in [3.05, 3.63) is 59.7 Å². The molecule has 5 heteroatoms. The minimum Gasteiger partial charge on any atom is -0.304 e. The molecule has 2 aliphatic rings. The number of piperidine rings is 1. The Morgan fingerprint density at radius 2 is 2.12 bits per heavy atom. The smallest absolute Gasteiger partial charge is 0.0716 e. The van der Waals surface area contributed by atoms with Crippen molar-refractivity contribution in [2.45, 2.75) is 57.7 Å². The molecule has 2 N–H and O–H groups in total. The molecule has 2 aromatic heterocycles. The molecule has 5 nitrogen and oxygen atoms in total. The number of rotatable bonds is 4. The second kappa shape index (κ2) is 7.54. The highest BCUT2D eigenvalue weighted by Crippen LogP contribution is 2.31. The Morgan fingerprint density at radius 3 is 2.92 bits per heavy atom. The standard InChI is InChI=1S/C21H27N5/c1-14-5-4-11-22-20(14)18-6-3-7-19(25-18)21-15(2)8-9-16(24-21)13-17-10-12-23-26-17/h4-5,8-12,15,18-19,21,25H,3,6-7,13H2,1-2H3,(H,23,26)/t15?,18-,19+,21?/m0/s1. The Labute approximate surface area is 155 Å². The average Bonchev–Trinajstić information content (AvgIpc) is 3.17. The van der Waals surface area contributed by atoms with E-state index in [9.17, 15) is 0 Å². The molecule has 0 spiro atoms. The molecule has 4 heterocycles. The number of allylic oxidation sites excluding steroid dienone is 1. The van der Waals surface area contributed by atoms with E-state index in [1.165, 1.54) is 24.1 Å². The van der Waals surface area contributed by atoms with Gasteiger partial charge in [0.1, 0.15) is 0 Å². The third-order valence-electron chi connectivity index (χ3n) is 5.59. The largest absolute Gasteiger partial charge is 0.304 e. The van der Waals surface area contributed by atoms with Crippen molar-refractivity contribution in [2.24, 2.45) is 10.9 Å². The van der Waals surface area contributed by atoms with Gasteiger partial charge < -0.3 is 5.32 Å². The van der Waals surface area contributed by atoms with Crippen LogP contribution in [0.3, 0.4) is 0 Å². The average molecular weight is 349 g/mol. The molecule has 2 aliphatic heterocycles. The molecule has 1 fully saturated rings. The number of aliphatic imine (C=N–C) groups is 1. The van der Waals surface area contributed by atoms with Crippen LogP contribution in [0.2, 0.25) is 0 Å². The second-order valence-electron chi connectivity index (χ2n) is 7.55. The summed E-state index contributed by atoms with van der Waals surface area (Å²) in [5.41, 5.74) is 4.71. The van der Waals surface area contributed by atoms with E-state index in [0.29, 0.717) is 18.0 Å². The third-order valence-corrected chi connectivity index (χ3v) is 5.59. The van der Waals surface area contributed by atoms with Gasteiger partial charge >= 0.3 is 0 Å². The lowest BCUT2D eigenvalue weighted by molar-refractivity contribution is 0.264. The van der Waals surface area contributed by atoms with Crippen molar-refractivity contribution in [1.29, 1.82) is 0 Å². The Balaban J connectivity index is 1.51. The molecule has 136 valence electrons. The van der Waals surface area contributed by atoms with Gasteiger partial charge in [0.05, 0.1) is 17.8 Å². The molecular weight excluding hydrogens is 322 g/mol. The first kappa shape index (κ1) is 17.2. The monoisotopic (exact) mass is 349 g/mol. The molecule has 0 bridgehead atoms. The van der Waals surface area contributed by atoms with Gasteiger partial charge in [0.25, 0.3) is 0 Å². The summed E-state index contributed by atoms with van der Waals surface area (Å²) < 4.78 is 0. The zero-order chi connectivity index (χ0) is 17.9. The quantitative estimate of drug-likeness (QED) is 0.887. The number of nitrogens with zero attached hydrogens (tertiary/aromatic N) is 3. The molecule has 2 aromatic rings. The van der Waals surface area contributed by atoms with Gasteiger partial charge in [-0.25, -0.2) is 0 Å². The van der Waals surface area contributed by atoms with Crippen molar-refractivity contribution in [3.8, 4) is 0 Å². The van der Waals surface area contributed by atoms with Crippen LogP contribution in [0, 0.1) is 12.8 Å². The van der Waals surface area contributed by atoms with Crippen LogP contribution in [0.1, 0.15) is 49.2 Å². The summed E-state index contributed by atoms with van der Waals surface area (Å²) in [4.78, 5) is 9.75. The van der Waals surface area contributed by atoms with Gasteiger partial charge in [0, 0.05) is 36.3 Å². The molecule has 0 saturated carbocycles. The van der Waals surface area contributed by atoms with Crippen molar-refractivity contribution in [1.82, 2.24) is 20.5 Å². The Hall–Kier alpha value is -2.27. The zero-order valence-corrected chi connectivity index (χ0v) is 15.5. The maximum atomic E-state index is 5.11. The van der Waals surface area contributed by atoms with Gasteiger partial charge in [-0.3, -0.25) is 15.1 Å². The number of nitrogens with one attached hydrogen (secondary N) is 2. The van der Waals surface area contributed by atoms with Crippen LogP contribution >= 0.6 is 0 Å². The molecule has 0 aliphatic carbocycles. The molecule has 4 atom stereocenters. The predicted molar refractivity (Wildman–Crippen MR) is 104 cm³/mol. The maximum absolute atomic E-state index is 5.11. The van der Waals surface area contributed by atoms with E-state index in [1.54, 1.807) is 6.20 Å². The highest BCUT2D eigenvalue weighted by molar-refractivity contribution is 5.97. The van der Waals surface area contributed by atoms with Gasteiger partial charge in [0.15, 0.2) is 0 Å². The summed E-state index contributed by atoms with van der Waals surface area (Å²) in [6, 6.07) is 7.19. The van der Waals surface area contributed by atoms with Crippen LogP contribution in [0.4, 0.5) is 0 Å². The van der Waals surface area contributed by atoms with E-state index >= 15 is 0 Å². The predicted octanol–water partition coefficient (Wildman–Crippen LogP) is 3.55. The van der Waals surface area contributed by atoms with Crippen molar-refractivity contribution in [2.75, 3.05) is 0 Å². The molecule has 0 amide bonds. The summed E-state index contributed by atoms with van der Waals surface area (Å²) in [7, 11) is 0. The van der Waals surface area contributed by atoms with E-state index in [1.807, 2.05) is 18.3 Å². The van der Waals surface area contributed by atoms with Crippen LogP contribution in [-0.4, -0.2) is 33.0 Å². The number of pyridine rings is 1. The van der Waals surface area contributed by atoms with Gasteiger partial charge in [0.2, 0.25) is 0 Å². The molecular formula is C21H27N5. The first-order valence-electron chi connectivity index (χ1n) is 9.61. The molecule has 0 radical (unpaired) electrons. The number of aromatic amines is 1. The first-order valence-corrected chi connectivity index (χ1v) is 9.61. The molecule has 2 unspecified atom stereocenters. The highest BCUT2D eigenvalue weighted by atomic mass is 15.1. The fourth-order valence-electron chi connectivity index (χ4n) is 4.18. The normalized spacial score (nSPS) is 28.8. The van der Waals surface area contributed by atoms with E-state index in [0.717, 1.165) is 24.2 Å². The lowest BCUT2D eigenvalue weighted by atomic mass is 9.84. The summed E-state index contributed by atoms with van der Waals surface area (Å²) >= 11 is 0. The second-order valence-corrected chi connectivity index (χ2v) is 7.55. The number of hydrogen-bond donors (Lipinski definition) is 2. The SMILES string of the molecule is Cc1cccnc1[C@@H]1CCC[C@H](C2N=C(Cc3ccn[nH]3)C=CC2C)N1. The summed E-state index contributed by atoms with van der Waals surface area (Å²) in [5, 5.41) is 10.9. The Morgan fingerprint density at radius 1 is 1.19 bits per heavy atom. The third kappa shape index (κ3) is 3.63. The van der Waals surface area contributed by atoms with Crippen molar-refractivity contribution < 1.29 is 0 Å². The van der Waals surface area contributed by atoms with Gasteiger partial charge in [-0.05, 0) is 55.9 Å². The number of aryl methyl sites for hydroxylation is 1. The van der Waals surface area contributed by atoms with E-state index < -0.39 is 0 Å². The van der Waals surface area contributed by atoms with Gasteiger partial charge in [-0.2, -0.15) is 5.10 Å². The summed E-state index contributed by atoms with van der Waals surface area (Å²) in [6.07, 6.45) is 12.5. The zero-order valence-electron chi connectivity index (χ0n) is 15.5. The maximum Gasteiger partial charge on any atom is 0.0716 e. The number of dihydropyridines is 1. The fraction of sp³-hybridized carbons (Fsp3) is 0.476. The van der Waals surface area contributed by atoms with Crippen molar-refractivity contribution in [3.63, 3.8) is 0 Å². The number of H-pyrrole nitrogens is 1. The molecule has 0 aromatic carbocycles. The van der Waals surface area contributed by atoms with Gasteiger partial charge in [-0.15, -0.1) is 0 Å². The van der Waals surface area contributed by atoms with E-state index in [-0.39, 0.29) is 6.04 Å². The lowest BCUT2D eigenvalue weighted by Gasteiger charge is -2.37. The molecule has 26 heavy (non-hydrogen) atoms. The van der Waals surface area contributed by atoms with E-state index in [4.69, 9.17) is 4.99 Å². The summed E-state index contributed by atoms with van der Waals surface area (Å²) in [5.74, 6) is 0.446. The van der Waals surface area contributed by atoms with Gasteiger partial charge in [-0.1, -0.05) is 19.1 Å². The van der Waals surface area contributed by atoms with Crippen LogP contribution < -0.4 is 5.32 Å². The van der Waals surface area contributed by atoms with Crippen LogP contribution in [-0.2, 0) is 6.42 Å². The Bertz CT molecular complexity index is 792. The van der Waals surface area contributed by atoms with Crippen LogP contribution in [0.25, 0.3) is 0 Å².